The van der Waals surface area contributed by atoms with E-state index in [1.807, 2.05) is 32.0 Å². The number of nitrogens with zero attached hydrogens (tertiary/aromatic N) is 1. The number of esters is 1. The molecule has 0 aliphatic heterocycles. The fourth-order valence-corrected chi connectivity index (χ4v) is 2.64. The van der Waals surface area contributed by atoms with Crippen LogP contribution in [-0.2, 0) is 9.53 Å². The number of benzene rings is 2. The van der Waals surface area contributed by atoms with Crippen molar-refractivity contribution in [3.8, 4) is 11.5 Å². The van der Waals surface area contributed by atoms with Gasteiger partial charge in [-0.3, -0.25) is 9.78 Å². The number of anilines is 1. The van der Waals surface area contributed by atoms with Crippen LogP contribution >= 0.6 is 0 Å². The molecular formula is C23H22N2O4. The van der Waals surface area contributed by atoms with Crippen LogP contribution in [0.25, 0.3) is 0 Å². The summed E-state index contributed by atoms with van der Waals surface area (Å²) in [5.41, 5.74) is 2.87. The summed E-state index contributed by atoms with van der Waals surface area (Å²) in [5, 5.41) is 2.81. The van der Waals surface area contributed by atoms with Crippen molar-refractivity contribution >= 4 is 17.6 Å². The molecule has 0 radical (unpaired) electrons. The molecule has 1 amide bonds. The molecule has 2 aromatic carbocycles. The Morgan fingerprint density at radius 2 is 1.83 bits per heavy atom. The molecule has 1 N–H and O–H groups in total. The highest BCUT2D eigenvalue weighted by Crippen LogP contribution is 2.25. The number of carbonyl (C=O) groups excluding carboxylic acids is 2. The van der Waals surface area contributed by atoms with Crippen molar-refractivity contribution < 1.29 is 19.1 Å². The number of ether oxygens (including phenoxy) is 2. The number of carbonyl (C=O) groups is 2. The van der Waals surface area contributed by atoms with Crippen LogP contribution in [0.4, 0.5) is 5.69 Å². The summed E-state index contributed by atoms with van der Waals surface area (Å²) >= 11 is 0. The Balaban J connectivity index is 1.69. The van der Waals surface area contributed by atoms with Gasteiger partial charge in [0.2, 0.25) is 0 Å². The third kappa shape index (κ3) is 5.19. The van der Waals surface area contributed by atoms with Gasteiger partial charge in [0.1, 0.15) is 17.1 Å². The predicted molar refractivity (Wildman–Crippen MR) is 110 cm³/mol. The van der Waals surface area contributed by atoms with Crippen LogP contribution < -0.4 is 10.1 Å². The Hall–Kier alpha value is -3.67. The van der Waals surface area contributed by atoms with Gasteiger partial charge < -0.3 is 14.8 Å². The smallest absolute Gasteiger partial charge is 0.342 e. The minimum atomic E-state index is -0.978. The lowest BCUT2D eigenvalue weighted by molar-refractivity contribution is -0.123. The molecule has 0 aliphatic rings. The standard InChI is InChI=1S/C23H22N2O4/c1-15-10-11-16(2)20(13-15)25-22(26)17(3)28-23(27)19-8-4-5-9-21(19)29-18-7-6-12-24-14-18/h4-14,17H,1-3H3,(H,25,26). The van der Waals surface area contributed by atoms with Crippen LogP contribution in [0.3, 0.4) is 0 Å². The molecule has 1 atom stereocenters. The number of nitrogens with one attached hydrogen (secondary N) is 1. The number of aryl methyl sites for hydroxylation is 2. The molecule has 0 spiro atoms. The van der Waals surface area contributed by atoms with E-state index >= 15 is 0 Å². The van der Waals surface area contributed by atoms with Gasteiger partial charge in [0.15, 0.2) is 6.10 Å². The minimum absolute atomic E-state index is 0.225. The Kier molecular flexibility index (Phi) is 6.24. The molecule has 0 saturated carbocycles. The summed E-state index contributed by atoms with van der Waals surface area (Å²) in [5.74, 6) is -0.230. The lowest BCUT2D eigenvalue weighted by atomic mass is 10.1. The molecule has 0 aliphatic carbocycles. The van der Waals surface area contributed by atoms with Gasteiger partial charge in [0, 0.05) is 11.9 Å². The summed E-state index contributed by atoms with van der Waals surface area (Å²) < 4.78 is 11.1. The molecule has 1 aromatic heterocycles. The van der Waals surface area contributed by atoms with Gasteiger partial charge in [-0.15, -0.1) is 0 Å². The molecule has 3 aromatic rings. The average Bonchev–Trinajstić information content (AvgIpc) is 2.71. The minimum Gasteiger partial charge on any atom is -0.455 e. The second-order valence-corrected chi connectivity index (χ2v) is 6.64. The molecule has 0 saturated heterocycles. The molecule has 1 unspecified atom stereocenters. The number of rotatable bonds is 6. The van der Waals surface area contributed by atoms with Gasteiger partial charge >= 0.3 is 5.97 Å². The monoisotopic (exact) mass is 390 g/mol. The highest BCUT2D eigenvalue weighted by molar-refractivity contribution is 5.98. The van der Waals surface area contributed by atoms with Crippen molar-refractivity contribution in [2.24, 2.45) is 0 Å². The molecule has 148 valence electrons. The van der Waals surface area contributed by atoms with E-state index in [1.165, 1.54) is 6.92 Å². The number of aromatic nitrogens is 1. The second-order valence-electron chi connectivity index (χ2n) is 6.64. The van der Waals surface area contributed by atoms with Crippen LogP contribution in [0.5, 0.6) is 11.5 Å². The summed E-state index contributed by atoms with van der Waals surface area (Å²) in [7, 11) is 0. The molecular weight excluding hydrogens is 368 g/mol. The molecule has 0 fully saturated rings. The van der Waals surface area contributed by atoms with Crippen LogP contribution in [0.15, 0.2) is 67.0 Å². The van der Waals surface area contributed by atoms with E-state index in [-0.39, 0.29) is 5.56 Å². The van der Waals surface area contributed by atoms with Gasteiger partial charge in [-0.05, 0) is 62.2 Å². The first-order chi connectivity index (χ1) is 13.9. The summed E-state index contributed by atoms with van der Waals surface area (Å²) in [6.07, 6.45) is 2.19. The Labute approximate surface area is 169 Å². The zero-order valence-electron chi connectivity index (χ0n) is 16.5. The van der Waals surface area contributed by atoms with Crippen LogP contribution in [0.1, 0.15) is 28.4 Å². The second kappa shape index (κ2) is 9.01. The maximum Gasteiger partial charge on any atom is 0.342 e. The largest absolute Gasteiger partial charge is 0.455 e. The molecule has 29 heavy (non-hydrogen) atoms. The predicted octanol–water partition coefficient (Wildman–Crippen LogP) is 4.67. The highest BCUT2D eigenvalue weighted by atomic mass is 16.5. The Morgan fingerprint density at radius 3 is 2.59 bits per heavy atom. The van der Waals surface area contributed by atoms with Crippen molar-refractivity contribution in [1.82, 2.24) is 4.98 Å². The van der Waals surface area contributed by atoms with Crippen LogP contribution in [0, 0.1) is 13.8 Å². The van der Waals surface area contributed by atoms with E-state index in [9.17, 15) is 9.59 Å². The number of para-hydroxylation sites is 1. The topological polar surface area (TPSA) is 77.5 Å². The fraction of sp³-hybridized carbons (Fsp3) is 0.174. The summed E-state index contributed by atoms with van der Waals surface area (Å²) in [6, 6.07) is 15.9. The van der Waals surface area contributed by atoms with E-state index < -0.39 is 18.0 Å². The van der Waals surface area contributed by atoms with Crippen LogP contribution in [-0.4, -0.2) is 23.0 Å². The zero-order chi connectivity index (χ0) is 20.8. The molecule has 6 heteroatoms. The van der Waals surface area contributed by atoms with E-state index in [4.69, 9.17) is 9.47 Å². The molecule has 6 nitrogen and oxygen atoms in total. The first-order valence-electron chi connectivity index (χ1n) is 9.20. The SMILES string of the molecule is Cc1ccc(C)c(NC(=O)C(C)OC(=O)c2ccccc2Oc2cccnc2)c1. The summed E-state index contributed by atoms with van der Waals surface area (Å²) in [4.78, 5) is 29.1. The number of pyridine rings is 1. The third-order valence-electron chi connectivity index (χ3n) is 4.27. The van der Waals surface area contributed by atoms with Gasteiger partial charge in [-0.1, -0.05) is 24.3 Å². The zero-order valence-corrected chi connectivity index (χ0v) is 16.5. The first-order valence-corrected chi connectivity index (χ1v) is 9.20. The Bertz CT molecular complexity index is 1020. The lowest BCUT2D eigenvalue weighted by Gasteiger charge is -2.16. The summed E-state index contributed by atoms with van der Waals surface area (Å²) in [6.45, 7) is 5.37. The highest BCUT2D eigenvalue weighted by Gasteiger charge is 2.22. The van der Waals surface area contributed by atoms with Gasteiger partial charge in [-0.25, -0.2) is 4.79 Å². The average molecular weight is 390 g/mol. The number of hydrogen-bond donors (Lipinski definition) is 1. The van der Waals surface area contributed by atoms with Gasteiger partial charge in [0.05, 0.1) is 6.20 Å². The van der Waals surface area contributed by atoms with Crippen molar-refractivity contribution in [3.05, 3.63) is 83.7 Å². The van der Waals surface area contributed by atoms with Gasteiger partial charge in [-0.2, -0.15) is 0 Å². The quantitative estimate of drug-likeness (QED) is 0.619. The first kappa shape index (κ1) is 20.1. The van der Waals surface area contributed by atoms with E-state index in [2.05, 4.69) is 10.3 Å². The normalized spacial score (nSPS) is 11.4. The van der Waals surface area contributed by atoms with E-state index in [0.29, 0.717) is 17.2 Å². The molecule has 3 rings (SSSR count). The van der Waals surface area contributed by atoms with Crippen LogP contribution in [0.2, 0.25) is 0 Å². The van der Waals surface area contributed by atoms with Crippen molar-refractivity contribution in [3.63, 3.8) is 0 Å². The number of hydrogen-bond acceptors (Lipinski definition) is 5. The maximum atomic E-state index is 12.6. The van der Waals surface area contributed by atoms with E-state index in [1.54, 1.807) is 48.8 Å². The van der Waals surface area contributed by atoms with Gasteiger partial charge in [0.25, 0.3) is 5.91 Å². The lowest BCUT2D eigenvalue weighted by Crippen LogP contribution is -2.30. The van der Waals surface area contributed by atoms with Crippen molar-refractivity contribution in [2.75, 3.05) is 5.32 Å². The fourth-order valence-electron chi connectivity index (χ4n) is 2.64. The Morgan fingerprint density at radius 1 is 1.03 bits per heavy atom. The number of amides is 1. The van der Waals surface area contributed by atoms with E-state index in [0.717, 1.165) is 11.1 Å². The molecule has 1 heterocycles. The third-order valence-corrected chi connectivity index (χ3v) is 4.27. The molecule has 0 bridgehead atoms. The van der Waals surface area contributed by atoms with Crippen molar-refractivity contribution in [2.45, 2.75) is 26.9 Å². The van der Waals surface area contributed by atoms with Crippen molar-refractivity contribution in [1.29, 1.82) is 0 Å². The maximum absolute atomic E-state index is 12.6.